The van der Waals surface area contributed by atoms with Crippen LogP contribution in [0.3, 0.4) is 0 Å². The molecule has 0 bridgehead atoms. The molecule has 0 fully saturated rings. The van der Waals surface area contributed by atoms with Gasteiger partial charge in [0.05, 0.1) is 12.6 Å². The van der Waals surface area contributed by atoms with E-state index in [4.69, 9.17) is 21.1 Å². The van der Waals surface area contributed by atoms with E-state index in [2.05, 4.69) is 4.18 Å². The second-order valence-electron chi connectivity index (χ2n) is 2.95. The standard InChI is InChI=1S/C6H13NO8S.Ca.ClH/c7-3(1-8)5(10)6(11)4(9)2-15-16(12,13)14;;/h1,3-6,9-11H,2,7H2,(H,12,13,14);;1H/q;+2;/p-2/t3-,4+,5+,6+;;/m0../s1. The number of aliphatic hydroxyl groups excluding tert-OH is 3. The quantitative estimate of drug-likeness (QED) is 0.153. The maximum Gasteiger partial charge on any atom is 2.00 e. The third kappa shape index (κ3) is 9.81. The molecule has 12 heteroatoms. The molecular formula is C6H12CaClNO8S. The Kier molecular flexibility index (Phi) is 14.2. The number of nitrogens with two attached hydrogens (primary N) is 1. The van der Waals surface area contributed by atoms with Gasteiger partial charge in [0.2, 0.25) is 10.4 Å². The summed E-state index contributed by atoms with van der Waals surface area (Å²) in [6.45, 7) is -1.05. The molecule has 0 heterocycles. The summed E-state index contributed by atoms with van der Waals surface area (Å²) in [6, 6.07) is -1.45. The molecule has 0 aliphatic rings. The molecule has 0 aromatic rings. The normalized spacial score (nSPS) is 17.6. The first-order chi connectivity index (χ1) is 7.19. The van der Waals surface area contributed by atoms with E-state index in [9.17, 15) is 17.8 Å². The SMILES string of the molecule is N[C@@H](C=O)[C@@H](O)[C@H](O)[C@H](O)COS(=O)(=O)[O-].[Ca+2].[Cl-]. The zero-order chi connectivity index (χ0) is 12.9. The van der Waals surface area contributed by atoms with Crippen LogP contribution in [0.2, 0.25) is 0 Å². The van der Waals surface area contributed by atoms with E-state index in [1.807, 2.05) is 0 Å². The van der Waals surface area contributed by atoms with Crippen LogP contribution in [0.4, 0.5) is 0 Å². The maximum absolute atomic E-state index is 10.1. The summed E-state index contributed by atoms with van der Waals surface area (Å²) < 4.78 is 33.7. The Labute approximate surface area is 140 Å². The average molecular weight is 334 g/mol. The maximum atomic E-state index is 10.1. The number of carbonyl (C=O) groups excluding carboxylic acids is 1. The van der Waals surface area contributed by atoms with Gasteiger partial charge >= 0.3 is 37.7 Å². The van der Waals surface area contributed by atoms with E-state index in [1.165, 1.54) is 0 Å². The van der Waals surface area contributed by atoms with Gasteiger partial charge in [-0.15, -0.1) is 0 Å². The zero-order valence-electron chi connectivity index (χ0n) is 9.05. The minimum absolute atomic E-state index is 0. The molecule has 0 amide bonds. The summed E-state index contributed by atoms with van der Waals surface area (Å²) in [5.74, 6) is 0. The molecule has 0 unspecified atom stereocenters. The largest absolute Gasteiger partial charge is 2.00 e. The first kappa shape index (κ1) is 24.0. The minimum atomic E-state index is -5.01. The van der Waals surface area contributed by atoms with E-state index >= 15 is 0 Å². The fraction of sp³-hybridized carbons (Fsp3) is 0.833. The second-order valence-corrected chi connectivity index (χ2v) is 4.01. The van der Waals surface area contributed by atoms with Gasteiger partial charge in [-0.05, 0) is 0 Å². The third-order valence-corrected chi connectivity index (χ3v) is 2.10. The summed E-state index contributed by atoms with van der Waals surface area (Å²) in [5.41, 5.74) is 5.03. The Balaban J connectivity index is -0.00000112. The molecule has 0 aliphatic carbocycles. The molecule has 0 radical (unpaired) electrons. The summed E-state index contributed by atoms with van der Waals surface area (Å²) in [6.07, 6.45) is -5.46. The van der Waals surface area contributed by atoms with Gasteiger partial charge in [0.15, 0.2) is 0 Å². The van der Waals surface area contributed by atoms with Crippen molar-refractivity contribution in [2.45, 2.75) is 24.4 Å². The Morgan fingerprint density at radius 1 is 1.28 bits per heavy atom. The second kappa shape index (κ2) is 10.7. The van der Waals surface area contributed by atoms with Crippen LogP contribution in [-0.4, -0.2) is 103 Å². The number of hydrogen-bond acceptors (Lipinski definition) is 9. The van der Waals surface area contributed by atoms with Crippen LogP contribution in [0, 0.1) is 0 Å². The van der Waals surface area contributed by atoms with E-state index in [0.717, 1.165) is 0 Å². The first-order valence-corrected chi connectivity index (χ1v) is 5.37. The van der Waals surface area contributed by atoms with E-state index in [1.54, 1.807) is 0 Å². The predicted octanol–water partition coefficient (Wildman–Crippen LogP) is -7.30. The summed E-state index contributed by atoms with van der Waals surface area (Å²) in [7, 11) is -5.01. The fourth-order valence-electron chi connectivity index (χ4n) is 0.787. The number of carbonyl (C=O) groups is 1. The molecular weight excluding hydrogens is 322 g/mol. The van der Waals surface area contributed by atoms with Gasteiger partial charge in [-0.1, -0.05) is 0 Å². The van der Waals surface area contributed by atoms with Crippen molar-refractivity contribution in [3.8, 4) is 0 Å². The van der Waals surface area contributed by atoms with Crippen LogP contribution >= 0.6 is 0 Å². The van der Waals surface area contributed by atoms with E-state index in [0.29, 0.717) is 0 Å². The van der Waals surface area contributed by atoms with Crippen LogP contribution in [0.5, 0.6) is 0 Å². The van der Waals surface area contributed by atoms with Crippen molar-refractivity contribution < 1.29 is 49.7 Å². The Morgan fingerprint density at radius 3 is 2.06 bits per heavy atom. The predicted molar refractivity (Wildman–Crippen MR) is 53.5 cm³/mol. The number of hydrogen-bond donors (Lipinski definition) is 4. The van der Waals surface area contributed by atoms with Gasteiger partial charge < -0.3 is 42.8 Å². The summed E-state index contributed by atoms with van der Waals surface area (Å²) >= 11 is 0. The molecule has 0 saturated heterocycles. The van der Waals surface area contributed by atoms with Crippen LogP contribution in [-0.2, 0) is 19.4 Å². The van der Waals surface area contributed by atoms with Gasteiger partial charge in [0.25, 0.3) is 0 Å². The van der Waals surface area contributed by atoms with Crippen molar-refractivity contribution in [2.75, 3.05) is 6.61 Å². The Morgan fingerprint density at radius 2 is 1.72 bits per heavy atom. The van der Waals surface area contributed by atoms with Gasteiger partial charge in [-0.2, -0.15) is 0 Å². The molecule has 0 rings (SSSR count). The number of aldehydes is 1. The number of rotatable bonds is 7. The molecule has 104 valence electrons. The van der Waals surface area contributed by atoms with Crippen LogP contribution in [0.15, 0.2) is 0 Å². The molecule has 5 N–H and O–H groups in total. The van der Waals surface area contributed by atoms with Crippen molar-refractivity contribution in [3.63, 3.8) is 0 Å². The van der Waals surface area contributed by atoms with Gasteiger partial charge in [0, 0.05) is 0 Å². The van der Waals surface area contributed by atoms with Crippen molar-refractivity contribution in [1.29, 1.82) is 0 Å². The van der Waals surface area contributed by atoms with Gasteiger partial charge in [-0.25, -0.2) is 8.42 Å². The Hall–Kier alpha value is 0.930. The fourth-order valence-corrected chi connectivity index (χ4v) is 1.09. The van der Waals surface area contributed by atoms with Crippen molar-refractivity contribution >= 4 is 54.4 Å². The molecule has 18 heavy (non-hydrogen) atoms. The van der Waals surface area contributed by atoms with E-state index < -0.39 is 41.4 Å². The number of halogens is 1. The van der Waals surface area contributed by atoms with Crippen molar-refractivity contribution in [2.24, 2.45) is 5.73 Å². The third-order valence-electron chi connectivity index (χ3n) is 1.68. The average Bonchev–Trinajstić information content (AvgIpc) is 2.21. The summed E-state index contributed by atoms with van der Waals surface area (Å²) in [4.78, 5) is 10.1. The monoisotopic (exact) mass is 333 g/mol. The van der Waals surface area contributed by atoms with Crippen molar-refractivity contribution in [1.82, 2.24) is 0 Å². The zero-order valence-corrected chi connectivity index (χ0v) is 12.8. The molecule has 9 nitrogen and oxygen atoms in total. The summed E-state index contributed by atoms with van der Waals surface area (Å²) in [5, 5.41) is 27.4. The minimum Gasteiger partial charge on any atom is -1.00 e. The van der Waals surface area contributed by atoms with Gasteiger partial charge in [0.1, 0.15) is 24.6 Å². The molecule has 0 aromatic heterocycles. The van der Waals surface area contributed by atoms with Crippen LogP contribution < -0.4 is 18.1 Å². The molecule has 4 atom stereocenters. The molecule has 0 aliphatic heterocycles. The van der Waals surface area contributed by atoms with Crippen LogP contribution in [0.25, 0.3) is 0 Å². The van der Waals surface area contributed by atoms with Crippen LogP contribution in [0.1, 0.15) is 0 Å². The van der Waals surface area contributed by atoms with Gasteiger partial charge in [-0.3, -0.25) is 4.18 Å². The molecule has 0 spiro atoms. The number of aliphatic hydroxyl groups is 3. The first-order valence-electron chi connectivity index (χ1n) is 4.04. The van der Waals surface area contributed by atoms with E-state index in [-0.39, 0.29) is 56.4 Å². The molecule has 0 saturated carbocycles. The topological polar surface area (TPSA) is 170 Å². The molecule has 0 aromatic carbocycles. The van der Waals surface area contributed by atoms with Crippen molar-refractivity contribution in [3.05, 3.63) is 0 Å². The smallest absolute Gasteiger partial charge is 1.00 e. The Bertz CT molecular complexity index is 328.